The maximum Gasteiger partial charge on any atom is 0.0701 e. The Kier molecular flexibility index (Phi) is 4.30. The highest BCUT2D eigenvalue weighted by Gasteiger charge is 2.26. The molecule has 2 aromatic rings. The molecule has 0 aliphatic heterocycles. The van der Waals surface area contributed by atoms with E-state index in [-0.39, 0.29) is 5.38 Å². The molecule has 0 fully saturated rings. The van der Waals surface area contributed by atoms with E-state index in [1.54, 1.807) is 0 Å². The van der Waals surface area contributed by atoms with E-state index in [1.165, 1.54) is 39.1 Å². The van der Waals surface area contributed by atoms with Crippen molar-refractivity contribution in [1.29, 1.82) is 0 Å². The van der Waals surface area contributed by atoms with Gasteiger partial charge in [-0.25, -0.2) is 0 Å². The molecular weight excluding hydrogens is 340 g/mol. The molecule has 0 N–H and O–H groups in total. The average Bonchev–Trinajstić information content (AvgIpc) is 2.75. The number of benzene rings is 1. The zero-order valence-corrected chi connectivity index (χ0v) is 13.8. The van der Waals surface area contributed by atoms with E-state index in [1.807, 2.05) is 11.3 Å². The summed E-state index contributed by atoms with van der Waals surface area (Å²) in [4.78, 5) is 1.43. The van der Waals surface area contributed by atoms with E-state index >= 15 is 0 Å². The predicted molar refractivity (Wildman–Crippen MR) is 87.2 cm³/mol. The van der Waals surface area contributed by atoms with E-state index in [2.05, 4.69) is 52.3 Å². The van der Waals surface area contributed by atoms with E-state index in [4.69, 9.17) is 11.6 Å². The highest BCUT2D eigenvalue weighted by molar-refractivity contribution is 9.11. The standard InChI is InChI=1S/C16H16BrClS/c17-15-9-8-13(19-15)10-12-6-3-5-11-4-1-2-7-14(11)16(12)18/h1-2,4,7-9,12,16H,3,5-6,10H2. The lowest BCUT2D eigenvalue weighted by atomic mass is 9.92. The van der Waals surface area contributed by atoms with E-state index in [9.17, 15) is 0 Å². The Morgan fingerprint density at radius 1 is 1.21 bits per heavy atom. The Morgan fingerprint density at radius 3 is 2.84 bits per heavy atom. The number of alkyl halides is 1. The van der Waals surface area contributed by atoms with Crippen LogP contribution in [0.3, 0.4) is 0 Å². The van der Waals surface area contributed by atoms with Gasteiger partial charge in [-0.1, -0.05) is 24.3 Å². The molecule has 0 saturated carbocycles. The number of thiophene rings is 1. The van der Waals surface area contributed by atoms with Gasteiger partial charge in [0.1, 0.15) is 0 Å². The first-order valence-electron chi connectivity index (χ1n) is 6.70. The minimum atomic E-state index is 0.152. The van der Waals surface area contributed by atoms with E-state index in [0.29, 0.717) is 5.92 Å². The molecule has 1 aliphatic rings. The Hall–Kier alpha value is -0.310. The molecule has 100 valence electrons. The number of hydrogen-bond donors (Lipinski definition) is 0. The molecular formula is C16H16BrClS. The molecule has 1 aliphatic carbocycles. The Morgan fingerprint density at radius 2 is 2.05 bits per heavy atom. The highest BCUT2D eigenvalue weighted by atomic mass is 79.9. The zero-order valence-electron chi connectivity index (χ0n) is 10.6. The summed E-state index contributed by atoms with van der Waals surface area (Å²) in [6.45, 7) is 0. The van der Waals surface area contributed by atoms with Crippen LogP contribution in [-0.2, 0) is 12.8 Å². The quantitative estimate of drug-likeness (QED) is 0.459. The fourth-order valence-corrected chi connectivity index (χ4v) is 4.92. The van der Waals surface area contributed by atoms with Crippen LogP contribution in [0.4, 0.5) is 0 Å². The van der Waals surface area contributed by atoms with Gasteiger partial charge in [0.15, 0.2) is 0 Å². The SMILES string of the molecule is ClC1c2ccccc2CCCC1Cc1ccc(Br)s1. The van der Waals surface area contributed by atoms with Crippen molar-refractivity contribution < 1.29 is 0 Å². The molecule has 1 heterocycles. The van der Waals surface area contributed by atoms with Crippen LogP contribution in [0, 0.1) is 5.92 Å². The molecule has 2 unspecified atom stereocenters. The summed E-state index contributed by atoms with van der Waals surface area (Å²) in [6.07, 6.45) is 4.73. The van der Waals surface area contributed by atoms with Crippen molar-refractivity contribution in [3.05, 3.63) is 56.2 Å². The second-order valence-corrected chi connectivity index (χ2v) is 8.18. The molecule has 0 spiro atoms. The van der Waals surface area contributed by atoms with Crippen LogP contribution in [0.15, 0.2) is 40.2 Å². The second-order valence-electron chi connectivity index (χ2n) is 5.16. The summed E-state index contributed by atoms with van der Waals surface area (Å²) in [5.41, 5.74) is 2.79. The molecule has 0 amide bonds. The Labute approximate surface area is 131 Å². The van der Waals surface area contributed by atoms with Crippen molar-refractivity contribution in [3.63, 3.8) is 0 Å². The number of halogens is 2. The van der Waals surface area contributed by atoms with Gasteiger partial charge in [0.05, 0.1) is 9.16 Å². The van der Waals surface area contributed by atoms with Crippen molar-refractivity contribution in [2.24, 2.45) is 5.92 Å². The molecule has 0 nitrogen and oxygen atoms in total. The van der Waals surface area contributed by atoms with Gasteiger partial charge in [-0.3, -0.25) is 0 Å². The van der Waals surface area contributed by atoms with Gasteiger partial charge in [0.25, 0.3) is 0 Å². The van der Waals surface area contributed by atoms with Crippen LogP contribution in [0.5, 0.6) is 0 Å². The van der Waals surface area contributed by atoms with Crippen LogP contribution < -0.4 is 0 Å². The first-order chi connectivity index (χ1) is 9.24. The van der Waals surface area contributed by atoms with Gasteiger partial charge in [0, 0.05) is 4.88 Å². The lowest BCUT2D eigenvalue weighted by Crippen LogP contribution is -2.09. The maximum atomic E-state index is 6.77. The van der Waals surface area contributed by atoms with Crippen LogP contribution in [0.1, 0.15) is 34.2 Å². The van der Waals surface area contributed by atoms with Crippen molar-refractivity contribution >= 4 is 38.9 Å². The number of hydrogen-bond acceptors (Lipinski definition) is 1. The molecule has 3 heteroatoms. The molecule has 0 radical (unpaired) electrons. The number of aryl methyl sites for hydroxylation is 1. The molecule has 1 aromatic carbocycles. The normalized spacial score (nSPS) is 22.8. The molecule has 19 heavy (non-hydrogen) atoms. The summed E-state index contributed by atoms with van der Waals surface area (Å²) < 4.78 is 1.21. The monoisotopic (exact) mass is 354 g/mol. The third kappa shape index (κ3) is 3.07. The largest absolute Gasteiger partial charge is 0.133 e. The van der Waals surface area contributed by atoms with Crippen LogP contribution in [0.25, 0.3) is 0 Å². The Bertz CT molecular complexity index is 563. The fourth-order valence-electron chi connectivity index (χ4n) is 2.91. The minimum absolute atomic E-state index is 0.152. The van der Waals surface area contributed by atoms with Crippen LogP contribution in [0.2, 0.25) is 0 Å². The number of rotatable bonds is 2. The van der Waals surface area contributed by atoms with Gasteiger partial charge < -0.3 is 0 Å². The van der Waals surface area contributed by atoms with Crippen LogP contribution >= 0.6 is 38.9 Å². The molecule has 3 rings (SSSR count). The van der Waals surface area contributed by atoms with Crippen molar-refractivity contribution in [2.75, 3.05) is 0 Å². The summed E-state index contributed by atoms with van der Waals surface area (Å²) in [5.74, 6) is 0.552. The topological polar surface area (TPSA) is 0 Å². The molecule has 1 aromatic heterocycles. The smallest absolute Gasteiger partial charge is 0.0701 e. The summed E-state index contributed by atoms with van der Waals surface area (Å²) in [7, 11) is 0. The average molecular weight is 356 g/mol. The van der Waals surface area contributed by atoms with Gasteiger partial charge in [-0.2, -0.15) is 0 Å². The first-order valence-corrected chi connectivity index (χ1v) is 8.75. The molecule has 0 bridgehead atoms. The van der Waals surface area contributed by atoms with E-state index in [0.717, 1.165) is 6.42 Å². The zero-order chi connectivity index (χ0) is 13.2. The number of fused-ring (bicyclic) bond motifs is 1. The summed E-state index contributed by atoms with van der Waals surface area (Å²) in [5, 5.41) is 0.152. The van der Waals surface area contributed by atoms with Crippen LogP contribution in [-0.4, -0.2) is 0 Å². The van der Waals surface area contributed by atoms with Gasteiger partial charge >= 0.3 is 0 Å². The fraction of sp³-hybridized carbons (Fsp3) is 0.375. The van der Waals surface area contributed by atoms with Gasteiger partial charge in [-0.15, -0.1) is 22.9 Å². The van der Waals surface area contributed by atoms with Gasteiger partial charge in [-0.05, 0) is 70.8 Å². The van der Waals surface area contributed by atoms with Crippen molar-refractivity contribution in [3.8, 4) is 0 Å². The summed E-state index contributed by atoms with van der Waals surface area (Å²) in [6, 6.07) is 13.0. The Balaban J connectivity index is 1.83. The van der Waals surface area contributed by atoms with Crippen molar-refractivity contribution in [2.45, 2.75) is 31.1 Å². The molecule has 0 saturated heterocycles. The maximum absolute atomic E-state index is 6.77. The lowest BCUT2D eigenvalue weighted by Gasteiger charge is -2.20. The second kappa shape index (κ2) is 5.99. The predicted octanol–water partition coefficient (Wildman–Crippen LogP) is 5.99. The third-order valence-corrected chi connectivity index (χ3v) is 6.12. The third-order valence-electron chi connectivity index (χ3n) is 3.88. The van der Waals surface area contributed by atoms with Crippen molar-refractivity contribution in [1.82, 2.24) is 0 Å². The lowest BCUT2D eigenvalue weighted by molar-refractivity contribution is 0.468. The summed E-state index contributed by atoms with van der Waals surface area (Å²) >= 11 is 12.1. The first kappa shape index (κ1) is 13.7. The minimum Gasteiger partial charge on any atom is -0.133 e. The van der Waals surface area contributed by atoms with E-state index < -0.39 is 0 Å². The van der Waals surface area contributed by atoms with Gasteiger partial charge in [0.2, 0.25) is 0 Å². The highest BCUT2D eigenvalue weighted by Crippen LogP contribution is 2.40. The molecule has 2 atom stereocenters.